The third-order valence-electron chi connectivity index (χ3n) is 3.25. The average molecular weight is 277 g/mol. The number of cyclic esters (lactones) is 1. The maximum Gasteiger partial charge on any atom is 0.363 e. The van der Waals surface area contributed by atoms with Crippen LogP contribution in [0.25, 0.3) is 0 Å². The summed E-state index contributed by atoms with van der Waals surface area (Å²) in [6.07, 6.45) is 3.49. The molecule has 2 aromatic rings. The Bertz CT molecular complexity index is 688. The number of carbonyl (C=O) groups is 1. The highest BCUT2D eigenvalue weighted by Crippen LogP contribution is 2.17. The van der Waals surface area contributed by atoms with Crippen molar-refractivity contribution in [2.45, 2.75) is 12.8 Å². The average Bonchev–Trinajstić information content (AvgIpc) is 2.91. The topological polar surface area (TPSA) is 38.7 Å². The maximum absolute atomic E-state index is 11.8. The first-order chi connectivity index (χ1) is 10.3. The van der Waals surface area contributed by atoms with Crippen LogP contribution in [0.2, 0.25) is 0 Å². The summed E-state index contributed by atoms with van der Waals surface area (Å²) in [5.41, 5.74) is 2.45. The van der Waals surface area contributed by atoms with Crippen molar-refractivity contribution in [1.29, 1.82) is 0 Å². The summed E-state index contributed by atoms with van der Waals surface area (Å²) in [4.78, 5) is 16.1. The second-order valence-corrected chi connectivity index (χ2v) is 4.79. The highest BCUT2D eigenvalue weighted by Gasteiger charge is 2.23. The highest BCUT2D eigenvalue weighted by atomic mass is 16.6. The summed E-state index contributed by atoms with van der Waals surface area (Å²) in [7, 11) is 0. The van der Waals surface area contributed by atoms with E-state index in [2.05, 4.69) is 17.1 Å². The highest BCUT2D eigenvalue weighted by molar-refractivity contribution is 6.11. The van der Waals surface area contributed by atoms with Crippen molar-refractivity contribution in [3.05, 3.63) is 83.6 Å². The lowest BCUT2D eigenvalue weighted by molar-refractivity contribution is -0.130. The van der Waals surface area contributed by atoms with Crippen molar-refractivity contribution in [2.75, 3.05) is 0 Å². The zero-order valence-corrected chi connectivity index (χ0v) is 11.5. The van der Waals surface area contributed by atoms with E-state index in [1.165, 1.54) is 5.56 Å². The molecule has 0 aliphatic carbocycles. The molecule has 1 aliphatic rings. The third-order valence-corrected chi connectivity index (χ3v) is 3.25. The second-order valence-electron chi connectivity index (χ2n) is 4.79. The zero-order valence-electron chi connectivity index (χ0n) is 11.5. The van der Waals surface area contributed by atoms with Crippen LogP contribution in [0.15, 0.2) is 77.4 Å². The quantitative estimate of drug-likeness (QED) is 0.633. The molecule has 0 N–H and O–H groups in total. The molecule has 0 radical (unpaired) electrons. The lowest BCUT2D eigenvalue weighted by Crippen LogP contribution is -2.05. The molecule has 0 aromatic heterocycles. The molecule has 0 fully saturated rings. The van der Waals surface area contributed by atoms with Crippen molar-refractivity contribution < 1.29 is 9.53 Å². The Labute approximate surface area is 123 Å². The van der Waals surface area contributed by atoms with Gasteiger partial charge in [-0.05, 0) is 30.5 Å². The van der Waals surface area contributed by atoms with Gasteiger partial charge in [-0.25, -0.2) is 9.79 Å². The van der Waals surface area contributed by atoms with Gasteiger partial charge >= 0.3 is 5.97 Å². The third kappa shape index (κ3) is 3.26. The van der Waals surface area contributed by atoms with E-state index in [4.69, 9.17) is 4.74 Å². The largest absolute Gasteiger partial charge is 0.402 e. The number of carbonyl (C=O) groups excluding carboxylic acids is 1. The van der Waals surface area contributed by atoms with Gasteiger partial charge in [0.05, 0.1) is 0 Å². The van der Waals surface area contributed by atoms with Crippen LogP contribution in [0.1, 0.15) is 17.5 Å². The van der Waals surface area contributed by atoms with Gasteiger partial charge in [-0.3, -0.25) is 0 Å². The number of benzene rings is 2. The Balaban J connectivity index is 1.69. The van der Waals surface area contributed by atoms with Crippen LogP contribution in [0.3, 0.4) is 0 Å². The van der Waals surface area contributed by atoms with Gasteiger partial charge in [0.2, 0.25) is 5.90 Å². The van der Waals surface area contributed by atoms with Gasteiger partial charge in [0, 0.05) is 5.56 Å². The van der Waals surface area contributed by atoms with Crippen molar-refractivity contribution in [3.63, 3.8) is 0 Å². The number of rotatable bonds is 4. The summed E-state index contributed by atoms with van der Waals surface area (Å²) >= 11 is 0. The van der Waals surface area contributed by atoms with Crippen LogP contribution >= 0.6 is 0 Å². The number of nitrogens with zero attached hydrogens (tertiary/aromatic N) is 1. The van der Waals surface area contributed by atoms with Gasteiger partial charge in [0.25, 0.3) is 0 Å². The Kier molecular flexibility index (Phi) is 3.92. The molecule has 1 aliphatic heterocycles. The molecular weight excluding hydrogens is 262 g/mol. The van der Waals surface area contributed by atoms with Crippen LogP contribution in [-0.2, 0) is 16.0 Å². The summed E-state index contributed by atoms with van der Waals surface area (Å²) in [5.74, 6) is 0.00785. The Morgan fingerprint density at radius 1 is 0.952 bits per heavy atom. The van der Waals surface area contributed by atoms with Crippen LogP contribution in [-0.4, -0.2) is 11.9 Å². The first-order valence-electron chi connectivity index (χ1n) is 6.93. The van der Waals surface area contributed by atoms with Crippen molar-refractivity contribution >= 4 is 11.9 Å². The van der Waals surface area contributed by atoms with Crippen molar-refractivity contribution in [1.82, 2.24) is 0 Å². The zero-order chi connectivity index (χ0) is 14.5. The fourth-order valence-electron chi connectivity index (χ4n) is 2.17. The van der Waals surface area contributed by atoms with Crippen LogP contribution < -0.4 is 0 Å². The molecule has 0 unspecified atom stereocenters. The fourth-order valence-corrected chi connectivity index (χ4v) is 2.17. The van der Waals surface area contributed by atoms with E-state index in [1.807, 2.05) is 54.6 Å². The minimum Gasteiger partial charge on any atom is -0.402 e. The summed E-state index contributed by atoms with van der Waals surface area (Å²) in [6, 6.07) is 19.6. The number of hydrogen-bond acceptors (Lipinski definition) is 3. The predicted molar refractivity (Wildman–Crippen MR) is 81.9 cm³/mol. The summed E-state index contributed by atoms with van der Waals surface area (Å²) < 4.78 is 5.21. The normalized spacial score (nSPS) is 15.9. The molecule has 0 amide bonds. The predicted octanol–water partition coefficient (Wildman–Crippen LogP) is 3.51. The van der Waals surface area contributed by atoms with E-state index in [9.17, 15) is 4.79 Å². The van der Waals surface area contributed by atoms with E-state index in [-0.39, 0.29) is 5.97 Å². The lowest BCUT2D eigenvalue weighted by atomic mass is 10.1. The molecule has 104 valence electrons. The number of aryl methyl sites for hydroxylation is 1. The number of hydrogen-bond donors (Lipinski definition) is 0. The first-order valence-corrected chi connectivity index (χ1v) is 6.93. The molecule has 0 saturated heterocycles. The second kappa shape index (κ2) is 6.18. The standard InChI is InChI=1S/C18H15NO2/c20-18-16(13-7-10-14-8-3-1-4-9-14)19-17(21-18)15-11-5-2-6-12-15/h1-6,8-9,11-13H,7,10H2. The molecule has 2 aromatic carbocycles. The van der Waals surface area contributed by atoms with Gasteiger partial charge in [-0.2, -0.15) is 0 Å². The molecule has 0 atom stereocenters. The number of aliphatic imine (C=N–C) groups is 1. The SMILES string of the molecule is O=C1OC(c2ccccc2)=NC1=CCCc1ccccc1. The molecule has 21 heavy (non-hydrogen) atoms. The van der Waals surface area contributed by atoms with Crippen LogP contribution in [0.5, 0.6) is 0 Å². The van der Waals surface area contributed by atoms with E-state index in [1.54, 1.807) is 0 Å². The van der Waals surface area contributed by atoms with Gasteiger partial charge in [-0.1, -0.05) is 54.6 Å². The molecule has 0 bridgehead atoms. The van der Waals surface area contributed by atoms with Crippen LogP contribution in [0.4, 0.5) is 0 Å². The van der Waals surface area contributed by atoms with Crippen molar-refractivity contribution in [3.8, 4) is 0 Å². The monoisotopic (exact) mass is 277 g/mol. The number of allylic oxidation sites excluding steroid dienone is 1. The van der Waals surface area contributed by atoms with Gasteiger partial charge in [-0.15, -0.1) is 0 Å². The van der Waals surface area contributed by atoms with E-state index < -0.39 is 0 Å². The summed E-state index contributed by atoms with van der Waals surface area (Å²) in [6.45, 7) is 0. The van der Waals surface area contributed by atoms with E-state index in [0.29, 0.717) is 11.6 Å². The van der Waals surface area contributed by atoms with Gasteiger partial charge < -0.3 is 4.74 Å². The van der Waals surface area contributed by atoms with Gasteiger partial charge in [0.15, 0.2) is 0 Å². The van der Waals surface area contributed by atoms with E-state index >= 15 is 0 Å². The molecule has 1 heterocycles. The molecule has 0 saturated carbocycles. The number of esters is 1. The van der Waals surface area contributed by atoms with Gasteiger partial charge in [0.1, 0.15) is 5.70 Å². The minimum atomic E-state index is -0.373. The Hall–Kier alpha value is -2.68. The molecule has 3 heteroatoms. The summed E-state index contributed by atoms with van der Waals surface area (Å²) in [5, 5.41) is 0. The number of ether oxygens (including phenoxy) is 1. The molecule has 3 rings (SSSR count). The van der Waals surface area contributed by atoms with Crippen molar-refractivity contribution in [2.24, 2.45) is 4.99 Å². The first kappa shape index (κ1) is 13.3. The Morgan fingerprint density at radius 3 is 2.33 bits per heavy atom. The smallest absolute Gasteiger partial charge is 0.363 e. The fraction of sp³-hybridized carbons (Fsp3) is 0.111. The molecule has 0 spiro atoms. The molecule has 3 nitrogen and oxygen atoms in total. The lowest BCUT2D eigenvalue weighted by Gasteiger charge is -1.97. The molecular formula is C18H15NO2. The van der Waals surface area contributed by atoms with E-state index in [0.717, 1.165) is 18.4 Å². The van der Waals surface area contributed by atoms with Crippen LogP contribution in [0, 0.1) is 0 Å². The maximum atomic E-state index is 11.8. The minimum absolute atomic E-state index is 0.373. The Morgan fingerprint density at radius 2 is 1.62 bits per heavy atom.